The molecule has 0 radical (unpaired) electrons. The van der Waals surface area contributed by atoms with E-state index in [0.717, 1.165) is 58.3 Å². The molecule has 9 heteroatoms. The van der Waals surface area contributed by atoms with Gasteiger partial charge in [0.1, 0.15) is 0 Å². The van der Waals surface area contributed by atoms with Crippen molar-refractivity contribution in [1.82, 2.24) is 24.9 Å². The summed E-state index contributed by atoms with van der Waals surface area (Å²) in [6, 6.07) is 0.478. The van der Waals surface area contributed by atoms with E-state index in [1.807, 2.05) is 14.0 Å². The van der Waals surface area contributed by atoms with Gasteiger partial charge in [-0.2, -0.15) is 0 Å². The quantitative estimate of drug-likeness (QED) is 0.348. The van der Waals surface area contributed by atoms with Crippen LogP contribution in [0.25, 0.3) is 0 Å². The molecule has 2 aliphatic heterocycles. The van der Waals surface area contributed by atoms with Crippen LogP contribution in [-0.2, 0) is 4.74 Å². The lowest BCUT2D eigenvalue weighted by molar-refractivity contribution is 0.0908. The van der Waals surface area contributed by atoms with E-state index in [0.29, 0.717) is 25.7 Å². The Morgan fingerprint density at radius 2 is 1.63 bits per heavy atom. The van der Waals surface area contributed by atoms with Crippen molar-refractivity contribution in [2.75, 3.05) is 79.1 Å². The number of ether oxygens (including phenoxy) is 1. The summed E-state index contributed by atoms with van der Waals surface area (Å²) in [4.78, 5) is 25.3. The standard InChI is InChI=1S/C18H36N6O2.HI/c1-5-21-7-9-22(10-8-21)16(3)15-20-17(19-4)23-11-13-24(14-12-23)18(25)26-6-2;/h16H,5-15H2,1-4H3,(H,19,20);1H. The van der Waals surface area contributed by atoms with Crippen LogP contribution in [0.5, 0.6) is 0 Å². The molecule has 1 amide bonds. The maximum atomic E-state index is 11.8. The maximum Gasteiger partial charge on any atom is 0.409 e. The summed E-state index contributed by atoms with van der Waals surface area (Å²) < 4.78 is 5.08. The molecule has 0 spiro atoms. The third-order valence-electron chi connectivity index (χ3n) is 5.35. The molecule has 0 aromatic carbocycles. The van der Waals surface area contributed by atoms with Crippen LogP contribution in [0.4, 0.5) is 4.79 Å². The van der Waals surface area contributed by atoms with E-state index in [4.69, 9.17) is 4.74 Å². The fraction of sp³-hybridized carbons (Fsp3) is 0.889. The highest BCUT2D eigenvalue weighted by atomic mass is 127. The van der Waals surface area contributed by atoms with Crippen LogP contribution in [0.2, 0.25) is 0 Å². The number of hydrogen-bond acceptors (Lipinski definition) is 5. The molecule has 0 aromatic rings. The lowest BCUT2D eigenvalue weighted by atomic mass is 10.2. The molecule has 158 valence electrons. The predicted octanol–water partition coefficient (Wildman–Crippen LogP) is 0.980. The Labute approximate surface area is 181 Å². The molecule has 2 saturated heterocycles. The first-order valence-corrected chi connectivity index (χ1v) is 9.92. The van der Waals surface area contributed by atoms with Crippen molar-refractivity contribution in [3.05, 3.63) is 0 Å². The summed E-state index contributed by atoms with van der Waals surface area (Å²) in [5, 5.41) is 3.52. The fourth-order valence-electron chi connectivity index (χ4n) is 3.54. The van der Waals surface area contributed by atoms with E-state index in [2.05, 4.69) is 38.9 Å². The molecule has 0 aromatic heterocycles. The Kier molecular flexibility index (Phi) is 11.3. The molecule has 2 heterocycles. The van der Waals surface area contributed by atoms with E-state index in [1.54, 1.807) is 4.90 Å². The van der Waals surface area contributed by atoms with Crippen molar-refractivity contribution >= 4 is 36.0 Å². The molecule has 1 unspecified atom stereocenters. The highest BCUT2D eigenvalue weighted by molar-refractivity contribution is 14.0. The average Bonchev–Trinajstić information content (AvgIpc) is 2.69. The van der Waals surface area contributed by atoms with Gasteiger partial charge in [-0.25, -0.2) is 4.79 Å². The van der Waals surface area contributed by atoms with Gasteiger partial charge >= 0.3 is 6.09 Å². The summed E-state index contributed by atoms with van der Waals surface area (Å²) in [7, 11) is 1.82. The highest BCUT2D eigenvalue weighted by Gasteiger charge is 2.25. The first kappa shape index (κ1) is 24.2. The van der Waals surface area contributed by atoms with Gasteiger partial charge < -0.3 is 24.8 Å². The van der Waals surface area contributed by atoms with Crippen LogP contribution in [0.15, 0.2) is 4.99 Å². The van der Waals surface area contributed by atoms with Gasteiger partial charge in [-0.05, 0) is 20.4 Å². The summed E-state index contributed by atoms with van der Waals surface area (Å²) >= 11 is 0. The molecule has 1 atom stereocenters. The Bertz CT molecular complexity index is 463. The van der Waals surface area contributed by atoms with Crippen molar-refractivity contribution in [1.29, 1.82) is 0 Å². The predicted molar refractivity (Wildman–Crippen MR) is 120 cm³/mol. The molecule has 0 bridgehead atoms. The molecule has 2 fully saturated rings. The first-order chi connectivity index (χ1) is 12.6. The van der Waals surface area contributed by atoms with Crippen LogP contribution in [0.3, 0.4) is 0 Å². The third kappa shape index (κ3) is 7.26. The van der Waals surface area contributed by atoms with Crippen molar-refractivity contribution < 1.29 is 9.53 Å². The number of guanidine groups is 1. The van der Waals surface area contributed by atoms with Crippen LogP contribution < -0.4 is 5.32 Å². The average molecular weight is 496 g/mol. The summed E-state index contributed by atoms with van der Waals surface area (Å²) in [6.07, 6.45) is -0.213. The number of nitrogens with zero attached hydrogens (tertiary/aromatic N) is 5. The molecule has 0 aliphatic carbocycles. The number of piperazine rings is 2. The second-order valence-electron chi connectivity index (χ2n) is 6.92. The molecule has 0 saturated carbocycles. The Balaban J connectivity index is 0.00000364. The molecule has 8 nitrogen and oxygen atoms in total. The Hall–Kier alpha value is -0.810. The van der Waals surface area contributed by atoms with E-state index in [1.165, 1.54) is 0 Å². The van der Waals surface area contributed by atoms with E-state index in [9.17, 15) is 4.79 Å². The van der Waals surface area contributed by atoms with Crippen molar-refractivity contribution in [2.24, 2.45) is 4.99 Å². The maximum absolute atomic E-state index is 11.8. The van der Waals surface area contributed by atoms with Gasteiger partial charge in [0.05, 0.1) is 6.61 Å². The number of likely N-dealkylation sites (N-methyl/N-ethyl adjacent to an activating group) is 1. The number of amides is 1. The summed E-state index contributed by atoms with van der Waals surface area (Å²) in [5.41, 5.74) is 0. The molecular weight excluding hydrogens is 459 g/mol. The molecule has 27 heavy (non-hydrogen) atoms. The van der Waals surface area contributed by atoms with Crippen molar-refractivity contribution in [3.8, 4) is 0 Å². The van der Waals surface area contributed by atoms with Crippen LogP contribution >= 0.6 is 24.0 Å². The summed E-state index contributed by atoms with van der Waals surface area (Å²) in [6.45, 7) is 16.3. The Morgan fingerprint density at radius 3 is 2.15 bits per heavy atom. The molecular formula is C18H37IN6O2. The second-order valence-corrected chi connectivity index (χ2v) is 6.92. The van der Waals surface area contributed by atoms with E-state index in [-0.39, 0.29) is 30.1 Å². The lowest BCUT2D eigenvalue weighted by Gasteiger charge is -2.39. The number of rotatable bonds is 5. The SMILES string of the molecule is CCOC(=O)N1CCN(C(=NC)NCC(C)N2CCN(CC)CC2)CC1.I. The topological polar surface area (TPSA) is 63.7 Å². The zero-order valence-electron chi connectivity index (χ0n) is 17.3. The van der Waals surface area contributed by atoms with E-state index < -0.39 is 0 Å². The monoisotopic (exact) mass is 496 g/mol. The minimum absolute atomic E-state index is 0. The zero-order valence-corrected chi connectivity index (χ0v) is 19.6. The van der Waals surface area contributed by atoms with Crippen molar-refractivity contribution in [3.63, 3.8) is 0 Å². The van der Waals surface area contributed by atoms with Crippen LogP contribution in [0, 0.1) is 0 Å². The van der Waals surface area contributed by atoms with Crippen LogP contribution in [-0.4, -0.2) is 117 Å². The first-order valence-electron chi connectivity index (χ1n) is 9.92. The second kappa shape index (κ2) is 12.6. The Morgan fingerprint density at radius 1 is 1.04 bits per heavy atom. The van der Waals surface area contributed by atoms with Gasteiger partial charge in [-0.15, -0.1) is 24.0 Å². The van der Waals surface area contributed by atoms with Gasteiger partial charge in [0, 0.05) is 72.0 Å². The number of hydrogen-bond donors (Lipinski definition) is 1. The van der Waals surface area contributed by atoms with E-state index >= 15 is 0 Å². The summed E-state index contributed by atoms with van der Waals surface area (Å²) in [5.74, 6) is 0.924. The number of halogens is 1. The smallest absolute Gasteiger partial charge is 0.409 e. The van der Waals surface area contributed by atoms with Gasteiger partial charge in [0.2, 0.25) is 0 Å². The van der Waals surface area contributed by atoms with Crippen molar-refractivity contribution in [2.45, 2.75) is 26.8 Å². The number of nitrogens with one attached hydrogen (secondary N) is 1. The minimum Gasteiger partial charge on any atom is -0.450 e. The molecule has 1 N–H and O–H groups in total. The highest BCUT2D eigenvalue weighted by Crippen LogP contribution is 2.07. The zero-order chi connectivity index (χ0) is 18.9. The normalized spacial score (nSPS) is 20.8. The van der Waals surface area contributed by atoms with Gasteiger partial charge in [-0.1, -0.05) is 6.92 Å². The van der Waals surface area contributed by atoms with Gasteiger partial charge in [-0.3, -0.25) is 9.89 Å². The van der Waals surface area contributed by atoms with Crippen LogP contribution in [0.1, 0.15) is 20.8 Å². The fourth-order valence-corrected chi connectivity index (χ4v) is 3.54. The largest absolute Gasteiger partial charge is 0.450 e. The molecule has 2 aliphatic rings. The van der Waals surface area contributed by atoms with Gasteiger partial charge in [0.25, 0.3) is 0 Å². The lowest BCUT2D eigenvalue weighted by Crippen LogP contribution is -2.56. The number of carbonyl (C=O) groups is 1. The van der Waals surface area contributed by atoms with Gasteiger partial charge in [0.15, 0.2) is 5.96 Å². The number of carbonyl (C=O) groups excluding carboxylic acids is 1. The number of aliphatic imine (C=N–C) groups is 1. The molecule has 2 rings (SSSR count). The minimum atomic E-state index is -0.213. The third-order valence-corrected chi connectivity index (χ3v) is 5.35.